The molecule has 1 aliphatic heterocycles. The maximum absolute atomic E-state index is 11.7. The van der Waals surface area contributed by atoms with Gasteiger partial charge in [-0.3, -0.25) is 0 Å². The van der Waals surface area contributed by atoms with Crippen molar-refractivity contribution in [1.29, 1.82) is 0 Å². The van der Waals surface area contributed by atoms with Gasteiger partial charge in [0, 0.05) is 24.9 Å². The van der Waals surface area contributed by atoms with E-state index in [0.29, 0.717) is 36.1 Å². The molecule has 112 valence electrons. The van der Waals surface area contributed by atoms with Crippen LogP contribution in [0.1, 0.15) is 13.8 Å². The number of nitrogen functional groups attached to an aromatic ring is 1. The second kappa shape index (κ2) is 5.05. The van der Waals surface area contributed by atoms with Gasteiger partial charge in [-0.1, -0.05) is 0 Å². The van der Waals surface area contributed by atoms with Crippen molar-refractivity contribution >= 4 is 21.2 Å². The summed E-state index contributed by atoms with van der Waals surface area (Å²) in [4.78, 5) is 0. The molecule has 2 rings (SSSR count). The van der Waals surface area contributed by atoms with Gasteiger partial charge in [-0.2, -0.15) is 0 Å². The first-order valence-electron chi connectivity index (χ1n) is 6.33. The largest absolute Gasteiger partial charge is 0.486 e. The van der Waals surface area contributed by atoms with Gasteiger partial charge in [0.25, 0.3) is 0 Å². The molecule has 0 atom stereocenters. The van der Waals surface area contributed by atoms with E-state index in [9.17, 15) is 8.42 Å². The smallest absolute Gasteiger partial charge is 0.163 e. The van der Waals surface area contributed by atoms with E-state index >= 15 is 0 Å². The number of rotatable bonds is 4. The molecule has 0 fully saturated rings. The van der Waals surface area contributed by atoms with Gasteiger partial charge in [-0.15, -0.1) is 0 Å². The molecule has 0 bridgehead atoms. The second-order valence-corrected chi connectivity index (χ2v) is 8.12. The van der Waals surface area contributed by atoms with E-state index in [4.69, 9.17) is 15.2 Å². The summed E-state index contributed by atoms with van der Waals surface area (Å²) in [5.41, 5.74) is 7.08. The summed E-state index contributed by atoms with van der Waals surface area (Å²) in [6, 6.07) is 3.42. The fourth-order valence-corrected chi connectivity index (χ4v) is 2.03. The Bertz CT molecular complexity index is 611. The van der Waals surface area contributed by atoms with Crippen LogP contribution in [0.25, 0.3) is 0 Å². The molecule has 1 heterocycles. The molecule has 0 unspecified atom stereocenters. The first kappa shape index (κ1) is 14.8. The quantitative estimate of drug-likeness (QED) is 0.814. The predicted molar refractivity (Wildman–Crippen MR) is 79.3 cm³/mol. The van der Waals surface area contributed by atoms with Crippen molar-refractivity contribution in [2.45, 2.75) is 18.6 Å². The van der Waals surface area contributed by atoms with Gasteiger partial charge in [-0.25, -0.2) is 8.42 Å². The highest BCUT2D eigenvalue weighted by Gasteiger charge is 2.30. The molecular formula is C13H20N2O4S. The van der Waals surface area contributed by atoms with Crippen molar-refractivity contribution in [3.8, 4) is 11.5 Å². The molecule has 3 N–H and O–H groups in total. The molecule has 1 aromatic carbocycles. The third-order valence-corrected chi connectivity index (χ3v) is 5.57. The molecule has 0 saturated heterocycles. The van der Waals surface area contributed by atoms with Crippen LogP contribution in [0.2, 0.25) is 0 Å². The summed E-state index contributed by atoms with van der Waals surface area (Å²) in [5.74, 6) is 1.23. The fraction of sp³-hybridized carbons (Fsp3) is 0.538. The standard InChI is InChI=1S/C13H20N2O4S/c1-13(2,20(3,16)17)8-15-10-7-12-11(6-9(10)14)18-4-5-19-12/h6-7,15H,4-5,8,14H2,1-3H3. The minimum Gasteiger partial charge on any atom is -0.486 e. The molecular weight excluding hydrogens is 280 g/mol. The molecule has 0 saturated carbocycles. The summed E-state index contributed by atoms with van der Waals surface area (Å²) in [6.07, 6.45) is 1.22. The average molecular weight is 300 g/mol. The maximum atomic E-state index is 11.7. The fourth-order valence-electron chi connectivity index (χ4n) is 1.70. The Morgan fingerprint density at radius 3 is 2.35 bits per heavy atom. The highest BCUT2D eigenvalue weighted by molar-refractivity contribution is 7.92. The van der Waals surface area contributed by atoms with Gasteiger partial charge in [0.1, 0.15) is 13.2 Å². The number of hydrogen-bond acceptors (Lipinski definition) is 6. The second-order valence-electron chi connectivity index (χ2n) is 5.47. The predicted octanol–water partition coefficient (Wildman–Crippen LogP) is 1.28. The molecule has 0 aromatic heterocycles. The number of hydrogen-bond donors (Lipinski definition) is 2. The minimum atomic E-state index is -3.16. The van der Waals surface area contributed by atoms with Crippen LogP contribution in [0, 0.1) is 0 Å². The lowest BCUT2D eigenvalue weighted by molar-refractivity contribution is 0.172. The number of nitrogens with one attached hydrogen (secondary N) is 1. The Morgan fingerprint density at radius 2 is 1.80 bits per heavy atom. The van der Waals surface area contributed by atoms with Crippen LogP contribution in [-0.2, 0) is 9.84 Å². The molecule has 1 aromatic rings. The van der Waals surface area contributed by atoms with Crippen molar-refractivity contribution in [1.82, 2.24) is 0 Å². The number of sulfone groups is 1. The molecule has 20 heavy (non-hydrogen) atoms. The maximum Gasteiger partial charge on any atom is 0.163 e. The minimum absolute atomic E-state index is 0.260. The van der Waals surface area contributed by atoms with Crippen LogP contribution in [0.15, 0.2) is 12.1 Å². The van der Waals surface area contributed by atoms with E-state index in [2.05, 4.69) is 5.32 Å². The number of ether oxygens (including phenoxy) is 2. The van der Waals surface area contributed by atoms with Crippen molar-refractivity contribution in [2.24, 2.45) is 0 Å². The Kier molecular flexibility index (Phi) is 3.73. The lowest BCUT2D eigenvalue weighted by atomic mass is 10.2. The number of fused-ring (bicyclic) bond motifs is 1. The van der Waals surface area contributed by atoms with Gasteiger partial charge in [0.05, 0.1) is 16.1 Å². The molecule has 6 nitrogen and oxygen atoms in total. The van der Waals surface area contributed by atoms with Crippen LogP contribution >= 0.6 is 0 Å². The van der Waals surface area contributed by atoms with Gasteiger partial charge < -0.3 is 20.5 Å². The summed E-state index contributed by atoms with van der Waals surface area (Å²) >= 11 is 0. The van der Waals surface area contributed by atoms with Gasteiger partial charge in [0.2, 0.25) is 0 Å². The third-order valence-electron chi connectivity index (χ3n) is 3.42. The Morgan fingerprint density at radius 1 is 1.25 bits per heavy atom. The monoisotopic (exact) mass is 300 g/mol. The van der Waals surface area contributed by atoms with Crippen LogP contribution in [0.3, 0.4) is 0 Å². The zero-order valence-electron chi connectivity index (χ0n) is 11.9. The number of anilines is 2. The van der Waals surface area contributed by atoms with Gasteiger partial charge in [0.15, 0.2) is 21.3 Å². The number of nitrogens with two attached hydrogens (primary N) is 1. The van der Waals surface area contributed by atoms with E-state index in [-0.39, 0.29) is 6.54 Å². The summed E-state index contributed by atoms with van der Waals surface area (Å²) in [6.45, 7) is 4.59. The van der Waals surface area contributed by atoms with Crippen LogP contribution in [0.4, 0.5) is 11.4 Å². The average Bonchev–Trinajstić information content (AvgIpc) is 2.35. The highest BCUT2D eigenvalue weighted by atomic mass is 32.2. The first-order chi connectivity index (χ1) is 9.21. The number of benzene rings is 1. The molecule has 1 aliphatic rings. The SMILES string of the molecule is CC(C)(CNc1cc2c(cc1N)OCCO2)S(C)(=O)=O. The van der Waals surface area contributed by atoms with Gasteiger partial charge >= 0.3 is 0 Å². The lowest BCUT2D eigenvalue weighted by Gasteiger charge is -2.25. The zero-order valence-corrected chi connectivity index (χ0v) is 12.7. The van der Waals surface area contributed by atoms with Crippen molar-refractivity contribution in [3.63, 3.8) is 0 Å². The van der Waals surface area contributed by atoms with Crippen LogP contribution < -0.4 is 20.5 Å². The summed E-state index contributed by atoms with van der Waals surface area (Å²) in [7, 11) is -3.16. The normalized spacial score (nSPS) is 14.9. The summed E-state index contributed by atoms with van der Waals surface area (Å²) < 4.78 is 33.4. The topological polar surface area (TPSA) is 90.7 Å². The van der Waals surface area contributed by atoms with Crippen LogP contribution in [0.5, 0.6) is 11.5 Å². The molecule has 0 amide bonds. The van der Waals surface area contributed by atoms with Crippen LogP contribution in [-0.4, -0.2) is 39.2 Å². The van der Waals surface area contributed by atoms with E-state index in [1.54, 1.807) is 26.0 Å². The van der Waals surface area contributed by atoms with Gasteiger partial charge in [-0.05, 0) is 13.8 Å². The molecule has 0 radical (unpaired) electrons. The summed E-state index contributed by atoms with van der Waals surface area (Å²) in [5, 5.41) is 3.07. The van der Waals surface area contributed by atoms with E-state index in [0.717, 1.165) is 0 Å². The van der Waals surface area contributed by atoms with E-state index in [1.165, 1.54) is 6.26 Å². The van der Waals surface area contributed by atoms with E-state index < -0.39 is 14.6 Å². The molecule has 7 heteroatoms. The van der Waals surface area contributed by atoms with Crippen molar-refractivity contribution in [2.75, 3.05) is 37.1 Å². The first-order valence-corrected chi connectivity index (χ1v) is 8.22. The Hall–Kier alpha value is -1.63. The zero-order chi connectivity index (χ0) is 15.0. The Balaban J connectivity index is 2.18. The third kappa shape index (κ3) is 2.92. The lowest BCUT2D eigenvalue weighted by Crippen LogP contribution is -2.38. The Labute approximate surface area is 119 Å². The molecule has 0 spiro atoms. The highest BCUT2D eigenvalue weighted by Crippen LogP contribution is 2.37. The van der Waals surface area contributed by atoms with Crippen molar-refractivity contribution < 1.29 is 17.9 Å². The van der Waals surface area contributed by atoms with Crippen molar-refractivity contribution in [3.05, 3.63) is 12.1 Å². The van der Waals surface area contributed by atoms with E-state index in [1.807, 2.05) is 0 Å². The molecule has 0 aliphatic carbocycles.